The number of hydrogen-bond donors (Lipinski definition) is 2. The number of hydrogen-bond acceptors (Lipinski definition) is 5. The summed E-state index contributed by atoms with van der Waals surface area (Å²) in [4.78, 5) is 22.0. The van der Waals surface area contributed by atoms with Crippen molar-refractivity contribution in [1.82, 2.24) is 5.43 Å². The number of phenols is 1. The molecule has 7 nitrogen and oxygen atoms in total. The molecule has 0 aliphatic carbocycles. The van der Waals surface area contributed by atoms with Gasteiger partial charge in [-0.05, 0) is 31.2 Å². The standard InChI is InChI=1S/C15H11Cl2N3O4/c1-8(12-6-10(16)7-13(17)14(12)21)18-19-15(22)9-2-4-11(5-3-9)20(23)24/h2-7,21H,1H3,(H,19,22)/b18-8+. The van der Waals surface area contributed by atoms with E-state index in [1.165, 1.54) is 36.4 Å². The molecule has 2 rings (SSSR count). The van der Waals surface area contributed by atoms with Gasteiger partial charge in [0.05, 0.1) is 15.7 Å². The highest BCUT2D eigenvalue weighted by Crippen LogP contribution is 2.31. The minimum absolute atomic E-state index is 0.0637. The van der Waals surface area contributed by atoms with E-state index in [2.05, 4.69) is 10.5 Å². The molecule has 2 aromatic carbocycles. The molecule has 0 fully saturated rings. The second-order valence-electron chi connectivity index (χ2n) is 4.73. The Hall–Kier alpha value is -2.64. The molecular formula is C15H11Cl2N3O4. The van der Waals surface area contributed by atoms with E-state index in [1.54, 1.807) is 6.92 Å². The van der Waals surface area contributed by atoms with E-state index in [0.717, 1.165) is 0 Å². The first kappa shape index (κ1) is 17.7. The Morgan fingerprint density at radius 1 is 1.25 bits per heavy atom. The molecule has 0 saturated carbocycles. The molecule has 0 spiro atoms. The van der Waals surface area contributed by atoms with Gasteiger partial charge in [-0.25, -0.2) is 5.43 Å². The second-order valence-corrected chi connectivity index (χ2v) is 5.57. The summed E-state index contributed by atoms with van der Waals surface area (Å²) in [6.07, 6.45) is 0. The van der Waals surface area contributed by atoms with Crippen LogP contribution in [0, 0.1) is 10.1 Å². The first-order chi connectivity index (χ1) is 11.3. The third-order valence-corrected chi connectivity index (χ3v) is 3.59. The topological polar surface area (TPSA) is 105 Å². The van der Waals surface area contributed by atoms with Crippen molar-refractivity contribution in [1.29, 1.82) is 0 Å². The molecule has 24 heavy (non-hydrogen) atoms. The molecule has 0 heterocycles. The fraction of sp³-hybridized carbons (Fsp3) is 0.0667. The van der Waals surface area contributed by atoms with Crippen molar-refractivity contribution < 1.29 is 14.8 Å². The Kier molecular flexibility index (Phi) is 5.38. The largest absolute Gasteiger partial charge is 0.506 e. The SMILES string of the molecule is C/C(=N\NC(=O)c1ccc([N+](=O)[O-])cc1)c1cc(Cl)cc(Cl)c1O. The van der Waals surface area contributed by atoms with Crippen molar-refractivity contribution in [3.05, 3.63) is 67.7 Å². The predicted molar refractivity (Wildman–Crippen MR) is 90.9 cm³/mol. The van der Waals surface area contributed by atoms with Crippen molar-refractivity contribution >= 4 is 40.5 Å². The number of hydrazone groups is 1. The van der Waals surface area contributed by atoms with Crippen LogP contribution in [0.2, 0.25) is 10.0 Å². The molecule has 0 aromatic heterocycles. The zero-order chi connectivity index (χ0) is 17.9. The summed E-state index contributed by atoms with van der Waals surface area (Å²) in [6.45, 7) is 1.55. The number of nitro groups is 1. The van der Waals surface area contributed by atoms with Crippen LogP contribution < -0.4 is 5.43 Å². The molecule has 0 saturated heterocycles. The monoisotopic (exact) mass is 367 g/mol. The van der Waals surface area contributed by atoms with Crippen LogP contribution in [-0.2, 0) is 0 Å². The van der Waals surface area contributed by atoms with Crippen LogP contribution in [0.4, 0.5) is 5.69 Å². The molecule has 0 aliphatic heterocycles. The van der Waals surface area contributed by atoms with Gasteiger partial charge < -0.3 is 5.11 Å². The molecule has 2 N–H and O–H groups in total. The van der Waals surface area contributed by atoms with Gasteiger partial charge >= 0.3 is 0 Å². The molecule has 2 aromatic rings. The van der Waals surface area contributed by atoms with Gasteiger partial charge in [0, 0.05) is 28.3 Å². The van der Waals surface area contributed by atoms with Crippen molar-refractivity contribution in [3.8, 4) is 5.75 Å². The van der Waals surface area contributed by atoms with E-state index in [1.807, 2.05) is 0 Å². The molecule has 0 atom stereocenters. The fourth-order valence-corrected chi connectivity index (χ4v) is 2.33. The lowest BCUT2D eigenvalue weighted by molar-refractivity contribution is -0.384. The normalized spacial score (nSPS) is 11.2. The zero-order valence-electron chi connectivity index (χ0n) is 12.3. The summed E-state index contributed by atoms with van der Waals surface area (Å²) in [7, 11) is 0. The van der Waals surface area contributed by atoms with E-state index >= 15 is 0 Å². The van der Waals surface area contributed by atoms with Crippen LogP contribution in [0.5, 0.6) is 5.75 Å². The lowest BCUT2D eigenvalue weighted by Crippen LogP contribution is -2.19. The van der Waals surface area contributed by atoms with Crippen molar-refractivity contribution in [2.45, 2.75) is 6.92 Å². The highest BCUT2D eigenvalue weighted by Gasteiger charge is 2.12. The maximum Gasteiger partial charge on any atom is 0.271 e. The van der Waals surface area contributed by atoms with Gasteiger partial charge in [0.25, 0.3) is 11.6 Å². The maximum absolute atomic E-state index is 12.0. The summed E-state index contributed by atoms with van der Waals surface area (Å²) in [5.41, 5.74) is 2.93. The Morgan fingerprint density at radius 2 is 1.88 bits per heavy atom. The van der Waals surface area contributed by atoms with Gasteiger partial charge in [0.1, 0.15) is 5.75 Å². The zero-order valence-corrected chi connectivity index (χ0v) is 13.8. The van der Waals surface area contributed by atoms with Gasteiger partial charge in [-0.1, -0.05) is 23.2 Å². The average Bonchev–Trinajstić information content (AvgIpc) is 2.55. The number of amides is 1. The second kappa shape index (κ2) is 7.29. The van der Waals surface area contributed by atoms with Gasteiger partial charge in [-0.2, -0.15) is 5.10 Å². The maximum atomic E-state index is 12.0. The van der Waals surface area contributed by atoms with E-state index in [9.17, 15) is 20.0 Å². The number of benzene rings is 2. The molecule has 0 unspecified atom stereocenters. The quantitative estimate of drug-likeness (QED) is 0.487. The predicted octanol–water partition coefficient (Wildman–Crippen LogP) is 3.76. The van der Waals surface area contributed by atoms with E-state index in [4.69, 9.17) is 23.2 Å². The number of non-ortho nitro benzene ring substituents is 1. The molecule has 0 bridgehead atoms. The van der Waals surface area contributed by atoms with Crippen LogP contribution in [0.1, 0.15) is 22.8 Å². The van der Waals surface area contributed by atoms with Crippen molar-refractivity contribution in [3.63, 3.8) is 0 Å². The number of phenolic OH excluding ortho intramolecular Hbond substituents is 1. The molecular weight excluding hydrogens is 357 g/mol. The number of nitrogens with one attached hydrogen (secondary N) is 1. The number of rotatable bonds is 4. The van der Waals surface area contributed by atoms with Crippen LogP contribution >= 0.6 is 23.2 Å². The number of nitrogens with zero attached hydrogens (tertiary/aromatic N) is 2. The van der Waals surface area contributed by atoms with Gasteiger partial charge in [-0.15, -0.1) is 0 Å². The molecule has 0 aliphatic rings. The lowest BCUT2D eigenvalue weighted by Gasteiger charge is -2.07. The summed E-state index contributed by atoms with van der Waals surface area (Å²) < 4.78 is 0. The summed E-state index contributed by atoms with van der Waals surface area (Å²) in [6, 6.07) is 7.89. The van der Waals surface area contributed by atoms with E-state index < -0.39 is 10.8 Å². The summed E-state index contributed by atoms with van der Waals surface area (Å²) in [5.74, 6) is -0.760. The number of carbonyl (C=O) groups excluding carboxylic acids is 1. The summed E-state index contributed by atoms with van der Waals surface area (Å²) in [5, 5.41) is 24.7. The van der Waals surface area contributed by atoms with Crippen molar-refractivity contribution in [2.24, 2.45) is 5.10 Å². The Balaban J connectivity index is 2.17. The van der Waals surface area contributed by atoms with Crippen LogP contribution in [-0.4, -0.2) is 21.6 Å². The number of aromatic hydroxyl groups is 1. The first-order valence-electron chi connectivity index (χ1n) is 6.57. The molecule has 1 amide bonds. The van der Waals surface area contributed by atoms with Gasteiger partial charge in [-0.3, -0.25) is 14.9 Å². The van der Waals surface area contributed by atoms with E-state index in [-0.39, 0.29) is 33.3 Å². The van der Waals surface area contributed by atoms with E-state index in [0.29, 0.717) is 5.02 Å². The van der Waals surface area contributed by atoms with Crippen LogP contribution in [0.25, 0.3) is 0 Å². The Labute approximate surface area is 146 Å². The van der Waals surface area contributed by atoms with Gasteiger partial charge in [0.2, 0.25) is 0 Å². The van der Waals surface area contributed by atoms with Crippen LogP contribution in [0.3, 0.4) is 0 Å². The lowest BCUT2D eigenvalue weighted by atomic mass is 10.1. The summed E-state index contributed by atoms with van der Waals surface area (Å²) >= 11 is 11.7. The smallest absolute Gasteiger partial charge is 0.271 e. The first-order valence-corrected chi connectivity index (χ1v) is 7.32. The third-order valence-electron chi connectivity index (χ3n) is 3.08. The molecule has 0 radical (unpaired) electrons. The highest BCUT2D eigenvalue weighted by atomic mass is 35.5. The number of halogens is 2. The fourth-order valence-electron chi connectivity index (χ4n) is 1.84. The molecule has 124 valence electrons. The third kappa shape index (κ3) is 4.01. The Bertz CT molecular complexity index is 835. The average molecular weight is 368 g/mol. The van der Waals surface area contributed by atoms with Gasteiger partial charge in [0.15, 0.2) is 0 Å². The highest BCUT2D eigenvalue weighted by molar-refractivity contribution is 6.36. The number of carbonyl (C=O) groups is 1. The minimum Gasteiger partial charge on any atom is -0.506 e. The Morgan fingerprint density at radius 3 is 2.46 bits per heavy atom. The number of nitro benzene ring substituents is 1. The minimum atomic E-state index is -0.560. The molecule has 9 heteroatoms. The van der Waals surface area contributed by atoms with Crippen LogP contribution in [0.15, 0.2) is 41.5 Å². The van der Waals surface area contributed by atoms with Crippen molar-refractivity contribution in [2.75, 3.05) is 0 Å².